The number of aromatic amines is 3. The fourth-order valence-electron chi connectivity index (χ4n) is 4.29. The molecule has 7 heteroatoms. The number of nitrogens with zero attached hydrogens (tertiary/aromatic N) is 3. The molecule has 0 amide bonds. The van der Waals surface area contributed by atoms with Gasteiger partial charge in [-0.25, -0.2) is 0 Å². The van der Waals surface area contributed by atoms with Crippen LogP contribution in [0, 0.1) is 34.0 Å². The molecule has 0 aliphatic carbocycles. The van der Waals surface area contributed by atoms with Crippen LogP contribution in [0.1, 0.15) is 16.7 Å². The summed E-state index contributed by atoms with van der Waals surface area (Å²) in [5, 5.41) is 31.0. The molecule has 3 aromatic heterocycles. The number of rotatable bonds is 3. The fourth-order valence-corrected chi connectivity index (χ4v) is 6.57. The summed E-state index contributed by atoms with van der Waals surface area (Å²) in [6, 6.07) is 29.9. The van der Waals surface area contributed by atoms with Crippen LogP contribution < -0.4 is 16.3 Å². The highest BCUT2D eigenvalue weighted by Crippen LogP contribution is 2.35. The minimum Gasteiger partial charge on any atom is -0.354 e. The van der Waals surface area contributed by atoms with Crippen molar-refractivity contribution in [3.8, 4) is 18.2 Å². The van der Waals surface area contributed by atoms with Gasteiger partial charge in [-0.05, 0) is 54.6 Å². The number of hydrogen-bond acceptors (Lipinski definition) is 3. The number of H-pyrrole nitrogens is 3. The van der Waals surface area contributed by atoms with Crippen LogP contribution in [0.4, 0.5) is 0 Å². The van der Waals surface area contributed by atoms with E-state index in [1.54, 1.807) is 0 Å². The molecule has 0 radical (unpaired) electrons. The van der Waals surface area contributed by atoms with Gasteiger partial charge in [0.05, 0.1) is 51.2 Å². The van der Waals surface area contributed by atoms with E-state index in [1.807, 2.05) is 54.6 Å². The Hall–Kier alpha value is -4.82. The van der Waals surface area contributed by atoms with Gasteiger partial charge >= 0.3 is 0 Å². The molecule has 3 N–H and O–H groups in total. The standard InChI is InChI=1S/C27H15N6P/c28-13-16-1-4-19-10-25(31-22(19)7-16)34(26-11-20-5-2-17(14-29)8-23(20)32-26)27-12-21-6-3-18(15-30)9-24(21)33-27/h1-12,31-33H. The van der Waals surface area contributed by atoms with Gasteiger partial charge in [0.1, 0.15) is 0 Å². The molecule has 158 valence electrons. The van der Waals surface area contributed by atoms with E-state index in [4.69, 9.17) is 0 Å². The number of nitrogens with one attached hydrogen (secondary N) is 3. The Bertz CT molecular complexity index is 1650. The molecular formula is C27H15N6P. The lowest BCUT2D eigenvalue weighted by Gasteiger charge is -2.13. The van der Waals surface area contributed by atoms with E-state index in [0.29, 0.717) is 16.7 Å². The SMILES string of the molecule is N#Cc1ccc2cc(P(c3cc4ccc(C#N)cc4[nH]3)c3cc4ccc(C#N)cc4[nH]3)[nH]c2c1. The summed E-state index contributed by atoms with van der Waals surface area (Å²) in [4.78, 5) is 10.6. The van der Waals surface area contributed by atoms with Gasteiger partial charge in [0, 0.05) is 40.6 Å². The first-order valence-electron chi connectivity index (χ1n) is 10.5. The molecule has 0 saturated carbocycles. The summed E-state index contributed by atoms with van der Waals surface area (Å²) in [6.07, 6.45) is 0. The van der Waals surface area contributed by atoms with E-state index in [0.717, 1.165) is 49.0 Å². The topological polar surface area (TPSA) is 119 Å². The van der Waals surface area contributed by atoms with Gasteiger partial charge < -0.3 is 15.0 Å². The normalized spacial score (nSPS) is 11.1. The molecule has 0 unspecified atom stereocenters. The lowest BCUT2D eigenvalue weighted by Crippen LogP contribution is -2.22. The molecule has 0 atom stereocenters. The van der Waals surface area contributed by atoms with Gasteiger partial charge in [0.2, 0.25) is 0 Å². The lowest BCUT2D eigenvalue weighted by atomic mass is 10.2. The van der Waals surface area contributed by atoms with Crippen LogP contribution in [0.2, 0.25) is 0 Å². The molecule has 0 aliphatic heterocycles. The fraction of sp³-hybridized carbons (Fsp3) is 0. The second-order valence-corrected chi connectivity index (χ2v) is 10.2. The number of hydrogen-bond donors (Lipinski definition) is 3. The zero-order chi connectivity index (χ0) is 23.2. The van der Waals surface area contributed by atoms with Crippen molar-refractivity contribution in [2.24, 2.45) is 0 Å². The molecule has 6 rings (SSSR count). The minimum absolute atomic E-state index is 0.606. The molecule has 0 fully saturated rings. The zero-order valence-electron chi connectivity index (χ0n) is 17.7. The van der Waals surface area contributed by atoms with E-state index >= 15 is 0 Å². The number of fused-ring (bicyclic) bond motifs is 3. The van der Waals surface area contributed by atoms with Crippen LogP contribution in [0.15, 0.2) is 72.8 Å². The molecule has 0 spiro atoms. The van der Waals surface area contributed by atoms with E-state index in [-0.39, 0.29) is 0 Å². The Balaban J connectivity index is 1.58. The third kappa shape index (κ3) is 3.21. The van der Waals surface area contributed by atoms with Gasteiger partial charge in [-0.15, -0.1) is 0 Å². The van der Waals surface area contributed by atoms with Crippen LogP contribution in [0.5, 0.6) is 0 Å². The van der Waals surface area contributed by atoms with Crippen molar-refractivity contribution >= 4 is 56.9 Å². The lowest BCUT2D eigenvalue weighted by molar-refractivity contribution is 1.47. The largest absolute Gasteiger partial charge is 0.354 e. The van der Waals surface area contributed by atoms with Gasteiger partial charge in [-0.2, -0.15) is 15.8 Å². The summed E-state index contributed by atoms with van der Waals surface area (Å²) in [6.45, 7) is 0. The van der Waals surface area contributed by atoms with E-state index < -0.39 is 7.92 Å². The van der Waals surface area contributed by atoms with Gasteiger partial charge in [-0.1, -0.05) is 18.2 Å². The van der Waals surface area contributed by atoms with E-state index in [9.17, 15) is 15.8 Å². The highest BCUT2D eigenvalue weighted by Gasteiger charge is 2.23. The summed E-state index contributed by atoms with van der Waals surface area (Å²) < 4.78 is 0. The third-order valence-electron chi connectivity index (χ3n) is 5.93. The monoisotopic (exact) mass is 454 g/mol. The third-order valence-corrected chi connectivity index (χ3v) is 8.10. The molecule has 0 aliphatic rings. The summed E-state index contributed by atoms with van der Waals surface area (Å²) in [7, 11) is -1.04. The number of benzene rings is 3. The second kappa shape index (κ2) is 7.65. The zero-order valence-corrected chi connectivity index (χ0v) is 18.6. The number of aromatic nitrogens is 3. The summed E-state index contributed by atoms with van der Waals surface area (Å²) >= 11 is 0. The van der Waals surface area contributed by atoms with Crippen LogP contribution in [0.25, 0.3) is 32.7 Å². The maximum absolute atomic E-state index is 9.30. The number of nitriles is 3. The molecule has 3 aromatic carbocycles. The van der Waals surface area contributed by atoms with Crippen molar-refractivity contribution in [1.82, 2.24) is 15.0 Å². The first-order chi connectivity index (χ1) is 16.6. The highest BCUT2D eigenvalue weighted by atomic mass is 31.1. The highest BCUT2D eigenvalue weighted by molar-refractivity contribution is 7.79. The summed E-state index contributed by atoms with van der Waals surface area (Å²) in [5.74, 6) is 0. The Kier molecular flexibility index (Phi) is 4.46. The Morgan fingerprint density at radius 2 is 0.794 bits per heavy atom. The van der Waals surface area contributed by atoms with Crippen molar-refractivity contribution in [1.29, 1.82) is 15.8 Å². The molecule has 34 heavy (non-hydrogen) atoms. The Morgan fingerprint density at radius 1 is 0.471 bits per heavy atom. The van der Waals surface area contributed by atoms with Crippen molar-refractivity contribution < 1.29 is 0 Å². The maximum Gasteiger partial charge on any atom is 0.0992 e. The maximum atomic E-state index is 9.30. The molecule has 6 aromatic rings. The predicted molar refractivity (Wildman–Crippen MR) is 135 cm³/mol. The molecular weight excluding hydrogens is 439 g/mol. The van der Waals surface area contributed by atoms with Gasteiger partial charge in [0.15, 0.2) is 0 Å². The van der Waals surface area contributed by atoms with E-state index in [2.05, 4.69) is 51.4 Å². The molecule has 3 heterocycles. The second-order valence-electron chi connectivity index (χ2n) is 8.04. The predicted octanol–water partition coefficient (Wildman–Crippen LogP) is 4.50. The molecule has 0 saturated heterocycles. The van der Waals surface area contributed by atoms with Gasteiger partial charge in [-0.3, -0.25) is 0 Å². The molecule has 6 nitrogen and oxygen atoms in total. The first kappa shape index (κ1) is 19.8. The van der Waals surface area contributed by atoms with Crippen LogP contribution >= 0.6 is 7.92 Å². The van der Waals surface area contributed by atoms with Crippen molar-refractivity contribution in [3.63, 3.8) is 0 Å². The smallest absolute Gasteiger partial charge is 0.0992 e. The Labute approximate surface area is 195 Å². The first-order valence-corrected chi connectivity index (χ1v) is 11.9. The van der Waals surface area contributed by atoms with Crippen molar-refractivity contribution in [2.45, 2.75) is 0 Å². The van der Waals surface area contributed by atoms with Crippen LogP contribution in [-0.4, -0.2) is 15.0 Å². The summed E-state index contributed by atoms with van der Waals surface area (Å²) in [5.41, 5.74) is 7.63. The minimum atomic E-state index is -1.04. The van der Waals surface area contributed by atoms with Crippen LogP contribution in [-0.2, 0) is 0 Å². The van der Waals surface area contributed by atoms with Crippen molar-refractivity contribution in [2.75, 3.05) is 0 Å². The Morgan fingerprint density at radius 3 is 1.09 bits per heavy atom. The van der Waals surface area contributed by atoms with Gasteiger partial charge in [0.25, 0.3) is 0 Å². The quantitative estimate of drug-likeness (QED) is 0.342. The van der Waals surface area contributed by atoms with E-state index in [1.165, 1.54) is 0 Å². The average molecular weight is 454 g/mol. The average Bonchev–Trinajstić information content (AvgIpc) is 3.58. The van der Waals surface area contributed by atoms with Crippen LogP contribution in [0.3, 0.4) is 0 Å². The molecule has 0 bridgehead atoms. The van der Waals surface area contributed by atoms with Crippen molar-refractivity contribution in [3.05, 3.63) is 89.5 Å².